The van der Waals surface area contributed by atoms with Crippen molar-refractivity contribution in [3.63, 3.8) is 0 Å². The van der Waals surface area contributed by atoms with Gasteiger partial charge in [0.15, 0.2) is 6.61 Å². The van der Waals surface area contributed by atoms with Crippen LogP contribution in [0.4, 0.5) is 0 Å². The van der Waals surface area contributed by atoms with Crippen LogP contribution in [-0.4, -0.2) is 47.0 Å². The first-order valence-corrected chi connectivity index (χ1v) is 10.5. The number of carbonyl (C=O) groups is 2. The number of aromatic nitrogens is 2. The Kier molecular flexibility index (Phi) is 7.25. The Hall–Kier alpha value is -3.68. The Balaban J connectivity index is 1.78. The number of nitrogens with zero attached hydrogens (tertiary/aromatic N) is 3. The summed E-state index contributed by atoms with van der Waals surface area (Å²) < 4.78 is 7.10. The molecule has 1 heterocycles. The molecule has 8 heteroatoms. The van der Waals surface area contributed by atoms with Crippen LogP contribution in [0.5, 0.6) is 5.75 Å². The van der Waals surface area contributed by atoms with Gasteiger partial charge in [0.1, 0.15) is 18.1 Å². The molecule has 0 saturated carbocycles. The molecule has 1 unspecified atom stereocenters. The van der Waals surface area contributed by atoms with Gasteiger partial charge in [-0.3, -0.25) is 19.0 Å². The van der Waals surface area contributed by atoms with E-state index in [1.54, 1.807) is 45.3 Å². The van der Waals surface area contributed by atoms with Gasteiger partial charge in [0.2, 0.25) is 5.91 Å². The minimum atomic E-state index is -0.336. The normalized spacial score (nSPS) is 11.8. The lowest BCUT2D eigenvalue weighted by Crippen LogP contribution is -2.36. The summed E-state index contributed by atoms with van der Waals surface area (Å²) in [6, 6.07) is 14.0. The summed E-state index contributed by atoms with van der Waals surface area (Å²) in [7, 11) is 3.33. The van der Waals surface area contributed by atoms with Crippen LogP contribution >= 0.6 is 0 Å². The summed E-state index contributed by atoms with van der Waals surface area (Å²) in [5, 5.41) is 3.46. The maximum atomic E-state index is 12.9. The van der Waals surface area contributed by atoms with Crippen molar-refractivity contribution in [2.75, 3.05) is 20.7 Å². The average molecular weight is 437 g/mol. The van der Waals surface area contributed by atoms with Crippen LogP contribution in [0.25, 0.3) is 10.9 Å². The van der Waals surface area contributed by atoms with E-state index in [0.29, 0.717) is 28.9 Å². The number of nitrogens with one attached hydrogen (secondary N) is 1. The number of fused-ring (bicyclic) bond motifs is 1. The van der Waals surface area contributed by atoms with Gasteiger partial charge in [-0.1, -0.05) is 37.3 Å². The standard InChI is InChI=1S/C24H28N4O4/c1-5-19(17-10-7-9-13-21(17)32-15-23(30)27(3)4)26-22(29)14-28-16(2)25-20-12-8-6-11-18(20)24(28)31/h6-13,19H,5,14-15H2,1-4H3,(H,26,29). The first-order valence-electron chi connectivity index (χ1n) is 10.5. The molecule has 1 N–H and O–H groups in total. The number of aryl methyl sites for hydroxylation is 1. The van der Waals surface area contributed by atoms with E-state index >= 15 is 0 Å². The van der Waals surface area contributed by atoms with Gasteiger partial charge in [-0.2, -0.15) is 0 Å². The minimum absolute atomic E-state index is 0.0915. The fourth-order valence-corrected chi connectivity index (χ4v) is 3.42. The molecular weight excluding hydrogens is 408 g/mol. The zero-order valence-corrected chi connectivity index (χ0v) is 18.8. The van der Waals surface area contributed by atoms with Gasteiger partial charge >= 0.3 is 0 Å². The van der Waals surface area contributed by atoms with Crippen molar-refractivity contribution < 1.29 is 14.3 Å². The molecule has 0 spiro atoms. The number of hydrogen-bond donors (Lipinski definition) is 1. The third-order valence-electron chi connectivity index (χ3n) is 5.24. The van der Waals surface area contributed by atoms with Crippen LogP contribution in [-0.2, 0) is 16.1 Å². The Labute approximate surface area is 186 Å². The molecule has 2 amide bonds. The van der Waals surface area contributed by atoms with E-state index in [4.69, 9.17) is 4.74 Å². The van der Waals surface area contributed by atoms with E-state index in [-0.39, 0.29) is 36.6 Å². The molecule has 1 aromatic heterocycles. The molecular formula is C24H28N4O4. The number of carbonyl (C=O) groups excluding carboxylic acids is 2. The second kappa shape index (κ2) is 10.1. The predicted molar refractivity (Wildman–Crippen MR) is 123 cm³/mol. The Morgan fingerprint density at radius 3 is 2.53 bits per heavy atom. The zero-order valence-electron chi connectivity index (χ0n) is 18.8. The monoisotopic (exact) mass is 436 g/mol. The van der Waals surface area contributed by atoms with Gasteiger partial charge in [-0.25, -0.2) is 4.98 Å². The summed E-state index contributed by atoms with van der Waals surface area (Å²) in [6.45, 7) is 3.43. The highest BCUT2D eigenvalue weighted by atomic mass is 16.5. The van der Waals surface area contributed by atoms with E-state index in [9.17, 15) is 14.4 Å². The highest BCUT2D eigenvalue weighted by molar-refractivity contribution is 5.79. The largest absolute Gasteiger partial charge is 0.483 e. The number of hydrogen-bond acceptors (Lipinski definition) is 5. The van der Waals surface area contributed by atoms with Crippen molar-refractivity contribution in [3.8, 4) is 5.75 Å². The van der Waals surface area contributed by atoms with Gasteiger partial charge in [0, 0.05) is 19.7 Å². The number of amides is 2. The third kappa shape index (κ3) is 5.14. The molecule has 0 radical (unpaired) electrons. The van der Waals surface area contributed by atoms with E-state index in [0.717, 1.165) is 5.56 Å². The molecule has 0 aliphatic rings. The van der Waals surface area contributed by atoms with Gasteiger partial charge in [-0.05, 0) is 31.5 Å². The number of ether oxygens (including phenoxy) is 1. The van der Waals surface area contributed by atoms with E-state index < -0.39 is 0 Å². The summed E-state index contributed by atoms with van der Waals surface area (Å²) >= 11 is 0. The predicted octanol–water partition coefficient (Wildman–Crippen LogP) is 2.44. The second-order valence-corrected chi connectivity index (χ2v) is 7.71. The fraction of sp³-hybridized carbons (Fsp3) is 0.333. The maximum Gasteiger partial charge on any atom is 0.261 e. The van der Waals surface area contributed by atoms with E-state index in [1.165, 1.54) is 9.47 Å². The number of para-hydroxylation sites is 2. The van der Waals surface area contributed by atoms with Gasteiger partial charge < -0.3 is 15.0 Å². The Morgan fingerprint density at radius 1 is 1.12 bits per heavy atom. The zero-order chi connectivity index (χ0) is 23.3. The van der Waals surface area contributed by atoms with E-state index in [1.807, 2.05) is 31.2 Å². The molecule has 3 aromatic rings. The number of rotatable bonds is 8. The van der Waals surface area contributed by atoms with Crippen molar-refractivity contribution >= 4 is 22.7 Å². The molecule has 1 atom stereocenters. The molecule has 3 rings (SSSR count). The molecule has 0 aliphatic carbocycles. The summed E-state index contributed by atoms with van der Waals surface area (Å²) in [5.74, 6) is 0.548. The van der Waals surface area contributed by atoms with Gasteiger partial charge in [0.05, 0.1) is 16.9 Å². The first kappa shape index (κ1) is 23.0. The second-order valence-electron chi connectivity index (χ2n) is 7.71. The smallest absolute Gasteiger partial charge is 0.261 e. The van der Waals surface area contributed by atoms with Crippen molar-refractivity contribution in [1.29, 1.82) is 0 Å². The van der Waals surface area contributed by atoms with Crippen molar-refractivity contribution in [1.82, 2.24) is 19.8 Å². The van der Waals surface area contributed by atoms with Gasteiger partial charge in [0.25, 0.3) is 11.5 Å². The van der Waals surface area contributed by atoms with Crippen molar-refractivity contribution in [2.24, 2.45) is 0 Å². The third-order valence-corrected chi connectivity index (χ3v) is 5.24. The first-order chi connectivity index (χ1) is 15.3. The highest BCUT2D eigenvalue weighted by Crippen LogP contribution is 2.27. The Bertz CT molecular complexity index is 1190. The number of benzene rings is 2. The van der Waals surface area contributed by atoms with Gasteiger partial charge in [-0.15, -0.1) is 0 Å². The van der Waals surface area contributed by atoms with Crippen LogP contribution in [0.3, 0.4) is 0 Å². The van der Waals surface area contributed by atoms with Crippen LogP contribution < -0.4 is 15.6 Å². The molecule has 2 aromatic carbocycles. The fourth-order valence-electron chi connectivity index (χ4n) is 3.42. The van der Waals surface area contributed by atoms with Crippen LogP contribution in [0.2, 0.25) is 0 Å². The maximum absolute atomic E-state index is 12.9. The summed E-state index contributed by atoms with van der Waals surface area (Å²) in [4.78, 5) is 43.5. The average Bonchev–Trinajstić information content (AvgIpc) is 2.78. The topological polar surface area (TPSA) is 93.5 Å². The van der Waals surface area contributed by atoms with Crippen LogP contribution in [0, 0.1) is 6.92 Å². The molecule has 0 fully saturated rings. The lowest BCUT2D eigenvalue weighted by Gasteiger charge is -2.21. The summed E-state index contributed by atoms with van der Waals surface area (Å²) in [5.41, 5.74) is 1.13. The molecule has 32 heavy (non-hydrogen) atoms. The molecule has 0 aliphatic heterocycles. The quantitative estimate of drug-likeness (QED) is 0.585. The number of likely N-dealkylation sites (N-methyl/N-ethyl adjacent to an activating group) is 1. The lowest BCUT2D eigenvalue weighted by molar-refractivity contribution is -0.130. The minimum Gasteiger partial charge on any atom is -0.483 e. The molecule has 8 nitrogen and oxygen atoms in total. The SMILES string of the molecule is CCC(NC(=O)Cn1c(C)nc2ccccc2c1=O)c1ccccc1OCC(=O)N(C)C. The van der Waals surface area contributed by atoms with Crippen LogP contribution in [0.1, 0.15) is 30.8 Å². The molecule has 0 saturated heterocycles. The van der Waals surface area contributed by atoms with Crippen LogP contribution in [0.15, 0.2) is 53.3 Å². The highest BCUT2D eigenvalue weighted by Gasteiger charge is 2.19. The molecule has 168 valence electrons. The lowest BCUT2D eigenvalue weighted by atomic mass is 10.0. The van der Waals surface area contributed by atoms with Crippen molar-refractivity contribution in [2.45, 2.75) is 32.9 Å². The van der Waals surface area contributed by atoms with Crippen molar-refractivity contribution in [3.05, 3.63) is 70.3 Å². The summed E-state index contributed by atoms with van der Waals surface area (Å²) in [6.07, 6.45) is 0.609. The van der Waals surface area contributed by atoms with E-state index in [2.05, 4.69) is 10.3 Å². The Morgan fingerprint density at radius 2 is 1.81 bits per heavy atom. The molecule has 0 bridgehead atoms.